The lowest BCUT2D eigenvalue weighted by Crippen LogP contribution is -2.50. The van der Waals surface area contributed by atoms with E-state index in [0.29, 0.717) is 25.0 Å². The van der Waals surface area contributed by atoms with Crippen LogP contribution in [0, 0.1) is 11.8 Å². The molecule has 0 aromatic carbocycles. The fourth-order valence-corrected chi connectivity index (χ4v) is 3.44. The fourth-order valence-electron chi connectivity index (χ4n) is 3.44. The molecule has 3 atom stereocenters. The molecule has 2 heterocycles. The molecule has 4 nitrogen and oxygen atoms in total. The van der Waals surface area contributed by atoms with Gasteiger partial charge < -0.3 is 15.0 Å². The van der Waals surface area contributed by atoms with Crippen LogP contribution in [-0.2, 0) is 9.53 Å². The second kappa shape index (κ2) is 4.34. The molecule has 0 bridgehead atoms. The highest BCUT2D eigenvalue weighted by Crippen LogP contribution is 2.38. The summed E-state index contributed by atoms with van der Waals surface area (Å²) in [7, 11) is 0. The second-order valence-electron chi connectivity index (χ2n) is 5.18. The van der Waals surface area contributed by atoms with Crippen molar-refractivity contribution in [3.05, 3.63) is 0 Å². The van der Waals surface area contributed by atoms with Gasteiger partial charge >= 0.3 is 0 Å². The van der Waals surface area contributed by atoms with Crippen LogP contribution in [0.3, 0.4) is 0 Å². The number of carbonyl (C=O) groups excluding carboxylic acids is 1. The lowest BCUT2D eigenvalue weighted by atomic mass is 9.93. The number of ether oxygens (including phenoxy) is 1. The molecule has 3 fully saturated rings. The van der Waals surface area contributed by atoms with E-state index in [1.165, 1.54) is 19.3 Å². The number of hydrogen-bond donors (Lipinski definition) is 1. The van der Waals surface area contributed by atoms with Gasteiger partial charge in [-0.2, -0.15) is 0 Å². The smallest absolute Gasteiger partial charge is 0.240 e. The summed E-state index contributed by atoms with van der Waals surface area (Å²) in [5.41, 5.74) is 0. The van der Waals surface area contributed by atoms with E-state index in [9.17, 15) is 4.79 Å². The normalized spacial score (nSPS) is 38.8. The third-order valence-electron chi connectivity index (χ3n) is 4.33. The number of fused-ring (bicyclic) bond motifs is 1. The van der Waals surface area contributed by atoms with E-state index in [0.717, 1.165) is 25.6 Å². The minimum atomic E-state index is 0.102. The van der Waals surface area contributed by atoms with Gasteiger partial charge in [0, 0.05) is 13.1 Å². The van der Waals surface area contributed by atoms with Crippen LogP contribution < -0.4 is 5.32 Å². The van der Waals surface area contributed by atoms with E-state index in [1.54, 1.807) is 0 Å². The maximum atomic E-state index is 12.4. The minimum absolute atomic E-state index is 0.102. The molecule has 1 aliphatic carbocycles. The predicted octanol–water partition coefficient (Wildman–Crippen LogP) is 0.233. The van der Waals surface area contributed by atoms with Gasteiger partial charge in [-0.3, -0.25) is 4.79 Å². The van der Waals surface area contributed by atoms with Crippen molar-refractivity contribution < 1.29 is 9.53 Å². The average Bonchev–Trinajstić information content (AvgIpc) is 2.91. The first-order chi connectivity index (χ1) is 7.86. The van der Waals surface area contributed by atoms with E-state index in [1.807, 2.05) is 4.90 Å². The Morgan fingerprint density at radius 2 is 2.06 bits per heavy atom. The van der Waals surface area contributed by atoms with Gasteiger partial charge in [-0.05, 0) is 31.2 Å². The van der Waals surface area contributed by atoms with Gasteiger partial charge in [-0.25, -0.2) is 0 Å². The summed E-state index contributed by atoms with van der Waals surface area (Å²) in [6.45, 7) is 3.99. The van der Waals surface area contributed by atoms with Crippen LogP contribution in [0.1, 0.15) is 19.3 Å². The quantitative estimate of drug-likeness (QED) is 0.693. The van der Waals surface area contributed by atoms with Crippen molar-refractivity contribution in [2.75, 3.05) is 32.8 Å². The van der Waals surface area contributed by atoms with Crippen molar-refractivity contribution in [1.29, 1.82) is 0 Å². The fraction of sp³-hybridized carbons (Fsp3) is 0.917. The van der Waals surface area contributed by atoms with Crippen LogP contribution in [0.5, 0.6) is 0 Å². The molecule has 3 aliphatic rings. The lowest BCUT2D eigenvalue weighted by molar-refractivity contribution is -0.138. The summed E-state index contributed by atoms with van der Waals surface area (Å²) in [6.07, 6.45) is 3.85. The molecule has 2 saturated heterocycles. The molecule has 0 spiro atoms. The highest BCUT2D eigenvalue weighted by molar-refractivity contribution is 5.82. The molecule has 3 rings (SSSR count). The molecule has 0 aromatic heterocycles. The largest absolute Gasteiger partial charge is 0.378 e. The van der Waals surface area contributed by atoms with Crippen LogP contribution >= 0.6 is 0 Å². The predicted molar refractivity (Wildman–Crippen MR) is 60.0 cm³/mol. The van der Waals surface area contributed by atoms with E-state index < -0.39 is 0 Å². The van der Waals surface area contributed by atoms with Gasteiger partial charge in [0.15, 0.2) is 0 Å². The summed E-state index contributed by atoms with van der Waals surface area (Å²) >= 11 is 0. The summed E-state index contributed by atoms with van der Waals surface area (Å²) < 4.78 is 5.28. The molecule has 0 radical (unpaired) electrons. The van der Waals surface area contributed by atoms with Gasteiger partial charge in [0.05, 0.1) is 19.3 Å². The van der Waals surface area contributed by atoms with Crippen LogP contribution in [-0.4, -0.2) is 49.7 Å². The number of hydrogen-bond acceptors (Lipinski definition) is 3. The number of nitrogens with one attached hydrogen (secondary N) is 1. The molecule has 90 valence electrons. The second-order valence-corrected chi connectivity index (χ2v) is 5.18. The molecule has 0 aromatic rings. The number of amides is 1. The zero-order valence-corrected chi connectivity index (χ0v) is 9.65. The van der Waals surface area contributed by atoms with E-state index >= 15 is 0 Å². The van der Waals surface area contributed by atoms with Crippen molar-refractivity contribution in [3.63, 3.8) is 0 Å². The first-order valence-electron chi connectivity index (χ1n) is 6.46. The van der Waals surface area contributed by atoms with Crippen molar-refractivity contribution in [1.82, 2.24) is 10.2 Å². The lowest BCUT2D eigenvalue weighted by Gasteiger charge is -2.30. The third kappa shape index (κ3) is 1.74. The van der Waals surface area contributed by atoms with Crippen LogP contribution in [0.2, 0.25) is 0 Å². The standard InChI is InChI=1S/C12H20N2O2/c15-12(14-4-6-16-7-5-14)11-10-3-1-2-9(10)8-13-11/h9-11,13H,1-8H2. The topological polar surface area (TPSA) is 41.6 Å². The molecule has 1 amide bonds. The van der Waals surface area contributed by atoms with Gasteiger partial charge in [0.1, 0.15) is 0 Å². The number of rotatable bonds is 1. The summed E-state index contributed by atoms with van der Waals surface area (Å²) in [5.74, 6) is 1.68. The van der Waals surface area contributed by atoms with Crippen molar-refractivity contribution in [2.45, 2.75) is 25.3 Å². The molecule has 1 saturated carbocycles. The third-order valence-corrected chi connectivity index (χ3v) is 4.33. The molecule has 3 unspecified atom stereocenters. The zero-order valence-electron chi connectivity index (χ0n) is 9.65. The average molecular weight is 224 g/mol. The first kappa shape index (κ1) is 10.5. The SMILES string of the molecule is O=C(C1NCC2CCCC21)N1CCOCC1. The van der Waals surface area contributed by atoms with Crippen LogP contribution in [0.15, 0.2) is 0 Å². The van der Waals surface area contributed by atoms with Crippen LogP contribution in [0.4, 0.5) is 0 Å². The molecule has 1 N–H and O–H groups in total. The van der Waals surface area contributed by atoms with Crippen molar-refractivity contribution >= 4 is 5.91 Å². The first-order valence-corrected chi connectivity index (χ1v) is 6.46. The highest BCUT2D eigenvalue weighted by Gasteiger charge is 2.43. The Hall–Kier alpha value is -0.610. The monoisotopic (exact) mass is 224 g/mol. The van der Waals surface area contributed by atoms with Gasteiger partial charge in [-0.15, -0.1) is 0 Å². The molecule has 16 heavy (non-hydrogen) atoms. The minimum Gasteiger partial charge on any atom is -0.378 e. The van der Waals surface area contributed by atoms with Crippen molar-refractivity contribution in [2.24, 2.45) is 11.8 Å². The Morgan fingerprint density at radius 3 is 2.88 bits per heavy atom. The Labute approximate surface area is 96.3 Å². The number of nitrogens with zero attached hydrogens (tertiary/aromatic N) is 1. The Kier molecular flexibility index (Phi) is 2.86. The van der Waals surface area contributed by atoms with Gasteiger partial charge in [-0.1, -0.05) is 6.42 Å². The summed E-state index contributed by atoms with van der Waals surface area (Å²) in [5, 5.41) is 3.42. The summed E-state index contributed by atoms with van der Waals surface area (Å²) in [4.78, 5) is 14.3. The van der Waals surface area contributed by atoms with Gasteiger partial charge in [0.2, 0.25) is 5.91 Å². The maximum Gasteiger partial charge on any atom is 0.240 e. The summed E-state index contributed by atoms with van der Waals surface area (Å²) in [6, 6.07) is 0.102. The Morgan fingerprint density at radius 1 is 1.25 bits per heavy atom. The van der Waals surface area contributed by atoms with E-state index in [4.69, 9.17) is 4.74 Å². The van der Waals surface area contributed by atoms with E-state index in [2.05, 4.69) is 5.32 Å². The Bertz CT molecular complexity index is 276. The zero-order chi connectivity index (χ0) is 11.0. The highest BCUT2D eigenvalue weighted by atomic mass is 16.5. The number of morpholine rings is 1. The molecular weight excluding hydrogens is 204 g/mol. The van der Waals surface area contributed by atoms with Crippen LogP contribution in [0.25, 0.3) is 0 Å². The molecule has 2 aliphatic heterocycles. The van der Waals surface area contributed by atoms with E-state index in [-0.39, 0.29) is 6.04 Å². The molecule has 4 heteroatoms. The number of carbonyl (C=O) groups is 1. The Balaban J connectivity index is 1.65. The molecular formula is C12H20N2O2. The van der Waals surface area contributed by atoms with Crippen molar-refractivity contribution in [3.8, 4) is 0 Å². The van der Waals surface area contributed by atoms with Gasteiger partial charge in [0.25, 0.3) is 0 Å². The maximum absolute atomic E-state index is 12.4.